The van der Waals surface area contributed by atoms with Gasteiger partial charge in [-0.05, 0) is 61.5 Å². The van der Waals surface area contributed by atoms with Crippen LogP contribution in [0.5, 0.6) is 0 Å². The maximum atomic E-state index is 13.1. The molecule has 2 saturated heterocycles. The van der Waals surface area contributed by atoms with Crippen LogP contribution in [0.4, 0.5) is 0 Å². The second-order valence-corrected chi connectivity index (χ2v) is 12.2. The Morgan fingerprint density at radius 2 is 1.71 bits per heavy atom. The number of halogens is 1. The summed E-state index contributed by atoms with van der Waals surface area (Å²) in [5, 5.41) is 5.31. The van der Waals surface area contributed by atoms with Gasteiger partial charge in [0.1, 0.15) is 5.82 Å². The van der Waals surface area contributed by atoms with Gasteiger partial charge < -0.3 is 4.90 Å². The van der Waals surface area contributed by atoms with Crippen molar-refractivity contribution in [3.05, 3.63) is 64.3 Å². The summed E-state index contributed by atoms with van der Waals surface area (Å²) in [6.07, 6.45) is 5.18. The van der Waals surface area contributed by atoms with Crippen LogP contribution >= 0.6 is 23.8 Å². The lowest BCUT2D eigenvalue weighted by atomic mass is 10.2. The van der Waals surface area contributed by atoms with E-state index >= 15 is 0 Å². The van der Waals surface area contributed by atoms with Gasteiger partial charge in [-0.2, -0.15) is 9.40 Å². The first-order chi connectivity index (χ1) is 18.3. The molecule has 3 aromatic rings. The predicted octanol–water partition coefficient (Wildman–Crippen LogP) is 3.32. The number of hydrogen-bond donors (Lipinski definition) is 0. The summed E-state index contributed by atoms with van der Waals surface area (Å²) in [5.74, 6) is 1.45. The molecule has 0 atom stereocenters. The van der Waals surface area contributed by atoms with E-state index in [0.717, 1.165) is 19.3 Å². The molecule has 0 aliphatic carbocycles. The van der Waals surface area contributed by atoms with E-state index in [1.165, 1.54) is 16.4 Å². The minimum absolute atomic E-state index is 0.133. The Labute approximate surface area is 232 Å². The molecule has 0 unspecified atom stereocenters. The summed E-state index contributed by atoms with van der Waals surface area (Å²) in [4.78, 5) is 21.4. The maximum absolute atomic E-state index is 13.1. The van der Waals surface area contributed by atoms with E-state index < -0.39 is 10.0 Å². The Balaban J connectivity index is 1.33. The van der Waals surface area contributed by atoms with Gasteiger partial charge in [0.25, 0.3) is 0 Å². The minimum Gasteiger partial charge on any atom is -0.335 e. The van der Waals surface area contributed by atoms with Gasteiger partial charge in [0, 0.05) is 50.4 Å². The second-order valence-electron chi connectivity index (χ2n) is 9.47. The Morgan fingerprint density at radius 3 is 2.42 bits per heavy atom. The zero-order valence-corrected chi connectivity index (χ0v) is 23.3. The number of piperazine rings is 1. The lowest BCUT2D eigenvalue weighted by molar-refractivity contribution is -0.131. The van der Waals surface area contributed by atoms with Crippen molar-refractivity contribution in [1.29, 1.82) is 0 Å². The van der Waals surface area contributed by atoms with Crippen molar-refractivity contribution in [2.24, 2.45) is 0 Å². The van der Waals surface area contributed by atoms with Gasteiger partial charge in [-0.25, -0.2) is 18.1 Å². The van der Waals surface area contributed by atoms with E-state index in [0.29, 0.717) is 73.8 Å². The Morgan fingerprint density at radius 1 is 0.947 bits per heavy atom. The Kier molecular flexibility index (Phi) is 8.24. The van der Waals surface area contributed by atoms with Crippen molar-refractivity contribution in [2.75, 3.05) is 32.7 Å². The highest BCUT2D eigenvalue weighted by molar-refractivity contribution is 7.89. The molecule has 2 aromatic heterocycles. The third-order valence-electron chi connectivity index (χ3n) is 6.91. The lowest BCUT2D eigenvalue weighted by Gasteiger charge is -2.33. The van der Waals surface area contributed by atoms with Crippen LogP contribution < -0.4 is 0 Å². The van der Waals surface area contributed by atoms with Crippen molar-refractivity contribution in [3.8, 4) is 5.82 Å². The predicted molar refractivity (Wildman–Crippen MR) is 146 cm³/mol. The molecule has 0 spiro atoms. The number of rotatable bonds is 7. The fourth-order valence-corrected chi connectivity index (χ4v) is 6.64. The van der Waals surface area contributed by atoms with Crippen molar-refractivity contribution >= 4 is 39.7 Å². The molecular formula is C25H30ClN7O3S2. The quantitative estimate of drug-likeness (QED) is 0.399. The van der Waals surface area contributed by atoms with Crippen LogP contribution in [0.1, 0.15) is 31.5 Å². The van der Waals surface area contributed by atoms with Crippen molar-refractivity contribution in [3.63, 3.8) is 0 Å². The van der Waals surface area contributed by atoms with Crippen LogP contribution in [0, 0.1) is 4.77 Å². The van der Waals surface area contributed by atoms with E-state index in [2.05, 4.69) is 9.88 Å². The highest BCUT2D eigenvalue weighted by Gasteiger charge is 2.29. The van der Waals surface area contributed by atoms with E-state index in [4.69, 9.17) is 28.9 Å². The van der Waals surface area contributed by atoms with Crippen molar-refractivity contribution in [1.82, 2.24) is 33.4 Å². The fourth-order valence-electron chi connectivity index (χ4n) is 4.80. The molecule has 0 radical (unpaired) electrons. The van der Waals surface area contributed by atoms with Crippen LogP contribution in [-0.4, -0.2) is 80.5 Å². The highest BCUT2D eigenvalue weighted by Crippen LogP contribution is 2.21. The first kappa shape index (κ1) is 26.9. The highest BCUT2D eigenvalue weighted by atomic mass is 35.5. The molecular weight excluding hydrogens is 546 g/mol. The molecule has 5 rings (SSSR count). The average Bonchev–Trinajstić information content (AvgIpc) is 3.07. The zero-order valence-electron chi connectivity index (χ0n) is 20.9. The molecule has 2 aliphatic rings. The number of pyridine rings is 1. The number of benzene rings is 1. The maximum Gasteiger partial charge on any atom is 0.243 e. The zero-order chi connectivity index (χ0) is 26.7. The monoisotopic (exact) mass is 575 g/mol. The van der Waals surface area contributed by atoms with Crippen molar-refractivity contribution < 1.29 is 13.2 Å². The number of amides is 1. The topological polar surface area (TPSA) is 96.6 Å². The smallest absolute Gasteiger partial charge is 0.243 e. The minimum atomic E-state index is -3.59. The third kappa shape index (κ3) is 5.84. The molecule has 1 amide bonds. The summed E-state index contributed by atoms with van der Waals surface area (Å²) >= 11 is 11.7. The van der Waals surface area contributed by atoms with Crippen LogP contribution in [0.15, 0.2) is 53.6 Å². The van der Waals surface area contributed by atoms with E-state index in [1.54, 1.807) is 23.0 Å². The molecule has 202 valence electrons. The third-order valence-corrected chi connectivity index (χ3v) is 9.46. The Bertz CT molecular complexity index is 1430. The van der Waals surface area contributed by atoms with Gasteiger partial charge in [0.15, 0.2) is 5.82 Å². The van der Waals surface area contributed by atoms with Crippen LogP contribution in [0.3, 0.4) is 0 Å². The number of carbonyl (C=O) groups excluding carboxylic acids is 1. The molecule has 1 aromatic carbocycles. The Hall–Kier alpha value is -2.64. The lowest BCUT2D eigenvalue weighted by Crippen LogP contribution is -2.48. The number of aromatic nitrogens is 4. The van der Waals surface area contributed by atoms with Crippen molar-refractivity contribution in [2.45, 2.75) is 43.8 Å². The van der Waals surface area contributed by atoms with E-state index in [1.807, 2.05) is 27.7 Å². The van der Waals surface area contributed by atoms with Crippen LogP contribution in [0.2, 0.25) is 5.02 Å². The van der Waals surface area contributed by atoms with E-state index in [-0.39, 0.29) is 10.8 Å². The summed E-state index contributed by atoms with van der Waals surface area (Å²) in [5.41, 5.74) is 0. The summed E-state index contributed by atoms with van der Waals surface area (Å²) in [7, 11) is -3.59. The van der Waals surface area contributed by atoms with Gasteiger partial charge in [-0.15, -0.1) is 0 Å². The standard InChI is InChI=1S/C25H30ClN7O3S2/c26-20-8-10-21(11-9-20)38(35,36)31-16-14-29(15-17-31)19-32-25(37)33(22-6-3-4-12-27-22)23(28-32)18-30-13-5-1-2-7-24(30)34/h3-4,6,8-12H,1-2,5,7,13-19H2. The van der Waals surface area contributed by atoms with Gasteiger partial charge >= 0.3 is 0 Å². The molecule has 0 bridgehead atoms. The van der Waals surface area contributed by atoms with E-state index in [9.17, 15) is 13.2 Å². The molecule has 38 heavy (non-hydrogen) atoms. The first-order valence-electron chi connectivity index (χ1n) is 12.7. The molecule has 13 heteroatoms. The largest absolute Gasteiger partial charge is 0.335 e. The number of carbonyl (C=O) groups is 1. The van der Waals surface area contributed by atoms with Gasteiger partial charge in [-0.1, -0.05) is 24.1 Å². The first-order valence-corrected chi connectivity index (χ1v) is 14.9. The SMILES string of the molecule is O=C1CCCCCN1Cc1nn(CN2CCN(S(=O)(=O)c3ccc(Cl)cc3)CC2)c(=S)n1-c1ccccn1. The number of nitrogens with zero attached hydrogens (tertiary/aromatic N) is 7. The molecule has 0 saturated carbocycles. The van der Waals surface area contributed by atoms with Gasteiger partial charge in [-0.3, -0.25) is 14.3 Å². The number of hydrogen-bond acceptors (Lipinski definition) is 7. The molecule has 4 heterocycles. The molecule has 10 nitrogen and oxygen atoms in total. The normalized spacial score (nSPS) is 18.0. The van der Waals surface area contributed by atoms with Crippen LogP contribution in [-0.2, 0) is 28.0 Å². The van der Waals surface area contributed by atoms with Gasteiger partial charge in [0.2, 0.25) is 20.7 Å². The average molecular weight is 576 g/mol. The summed E-state index contributed by atoms with van der Waals surface area (Å²) in [6, 6.07) is 11.8. The fraction of sp³-hybridized carbons (Fsp3) is 0.440. The molecule has 2 fully saturated rings. The number of sulfonamides is 1. The second kappa shape index (κ2) is 11.6. The molecule has 2 aliphatic heterocycles. The molecule has 0 N–H and O–H groups in total. The number of likely N-dealkylation sites (tertiary alicyclic amines) is 1. The summed E-state index contributed by atoms with van der Waals surface area (Å²) < 4.78 is 31.6. The van der Waals surface area contributed by atoms with Crippen LogP contribution in [0.25, 0.3) is 5.82 Å². The van der Waals surface area contributed by atoms with Gasteiger partial charge in [0.05, 0.1) is 18.1 Å². The summed E-state index contributed by atoms with van der Waals surface area (Å²) in [6.45, 7) is 3.25.